The minimum absolute atomic E-state index is 0.0511. The van der Waals surface area contributed by atoms with Crippen molar-refractivity contribution in [3.05, 3.63) is 70.4 Å². The van der Waals surface area contributed by atoms with Crippen molar-refractivity contribution in [3.8, 4) is 10.6 Å². The second-order valence-corrected chi connectivity index (χ2v) is 8.60. The number of thiophene rings is 1. The van der Waals surface area contributed by atoms with Crippen molar-refractivity contribution < 1.29 is 9.59 Å². The van der Waals surface area contributed by atoms with E-state index in [4.69, 9.17) is 0 Å². The number of fused-ring (bicyclic) bond motifs is 1. The topological polar surface area (TPSA) is 71.1 Å². The summed E-state index contributed by atoms with van der Waals surface area (Å²) in [5, 5.41) is 10.4. The zero-order chi connectivity index (χ0) is 20.2. The highest BCUT2D eigenvalue weighted by Gasteiger charge is 2.12. The number of hydrogen-bond acceptors (Lipinski definition) is 5. The number of benzene rings is 2. The van der Waals surface area contributed by atoms with Gasteiger partial charge in [0.15, 0.2) is 5.13 Å². The summed E-state index contributed by atoms with van der Waals surface area (Å²) >= 11 is 2.99. The monoisotopic (exact) mass is 421 g/mol. The fourth-order valence-electron chi connectivity index (χ4n) is 3.05. The van der Waals surface area contributed by atoms with Crippen LogP contribution in [0.25, 0.3) is 21.3 Å². The maximum atomic E-state index is 12.5. The van der Waals surface area contributed by atoms with Gasteiger partial charge < -0.3 is 10.6 Å². The van der Waals surface area contributed by atoms with E-state index in [-0.39, 0.29) is 11.8 Å². The van der Waals surface area contributed by atoms with Crippen molar-refractivity contribution in [2.75, 3.05) is 5.32 Å². The summed E-state index contributed by atoms with van der Waals surface area (Å²) in [6, 6.07) is 18.0. The average Bonchev–Trinajstić information content (AvgIpc) is 3.36. The highest BCUT2D eigenvalue weighted by Crippen LogP contribution is 2.31. The predicted molar refractivity (Wildman–Crippen MR) is 119 cm³/mol. The van der Waals surface area contributed by atoms with Gasteiger partial charge in [0.1, 0.15) is 0 Å². The van der Waals surface area contributed by atoms with Crippen LogP contribution in [0.4, 0.5) is 5.13 Å². The molecule has 0 saturated heterocycles. The molecule has 0 fully saturated rings. The molecule has 0 saturated carbocycles. The molecular weight excluding hydrogens is 402 g/mol. The first-order chi connectivity index (χ1) is 14.1. The highest BCUT2D eigenvalue weighted by molar-refractivity contribution is 7.17. The lowest BCUT2D eigenvalue weighted by Gasteiger charge is -2.06. The molecule has 0 bridgehead atoms. The summed E-state index contributed by atoms with van der Waals surface area (Å²) in [5.41, 5.74) is 1.83. The van der Waals surface area contributed by atoms with Gasteiger partial charge in [-0.1, -0.05) is 42.5 Å². The zero-order valence-corrected chi connectivity index (χ0v) is 17.4. The quantitative estimate of drug-likeness (QED) is 0.468. The molecule has 0 unspecified atom stereocenters. The zero-order valence-electron chi connectivity index (χ0n) is 15.8. The van der Waals surface area contributed by atoms with E-state index in [9.17, 15) is 9.59 Å². The number of thiazole rings is 1. The van der Waals surface area contributed by atoms with E-state index in [0.29, 0.717) is 18.1 Å². The Morgan fingerprint density at radius 3 is 2.72 bits per heavy atom. The van der Waals surface area contributed by atoms with Crippen molar-refractivity contribution in [1.82, 2.24) is 10.3 Å². The Bertz CT molecular complexity index is 1170. The van der Waals surface area contributed by atoms with Crippen molar-refractivity contribution in [1.29, 1.82) is 0 Å². The van der Waals surface area contributed by atoms with Crippen molar-refractivity contribution in [2.45, 2.75) is 19.9 Å². The van der Waals surface area contributed by atoms with Gasteiger partial charge in [0.05, 0.1) is 23.5 Å². The summed E-state index contributed by atoms with van der Waals surface area (Å²) < 4.78 is 0. The third kappa shape index (κ3) is 4.70. The van der Waals surface area contributed by atoms with Crippen molar-refractivity contribution >= 4 is 50.4 Å². The van der Waals surface area contributed by atoms with Crippen molar-refractivity contribution in [2.24, 2.45) is 0 Å². The van der Waals surface area contributed by atoms with Crippen LogP contribution >= 0.6 is 22.7 Å². The molecule has 7 heteroatoms. The van der Waals surface area contributed by atoms with E-state index in [1.807, 2.05) is 60.0 Å². The Balaban J connectivity index is 1.42. The summed E-state index contributed by atoms with van der Waals surface area (Å²) in [6.07, 6.45) is 0.302. The molecule has 0 aliphatic carbocycles. The Labute approximate surface area is 176 Å². The molecule has 0 atom stereocenters. The summed E-state index contributed by atoms with van der Waals surface area (Å²) in [6.45, 7) is 2.01. The van der Waals surface area contributed by atoms with Crippen LogP contribution in [0.1, 0.15) is 17.4 Å². The molecular formula is C22H19N3O2S2. The molecule has 4 rings (SSSR count). The standard InChI is InChI=1S/C22H19N3O2S2/c1-14(26)23-12-17-9-10-20(29-17)19-13-28-22(24-19)25-21(27)11-16-7-4-6-15-5-2-3-8-18(15)16/h2-10,13H,11-12H2,1H3,(H,23,26)(H,24,25,27). The molecule has 5 nitrogen and oxygen atoms in total. The van der Waals surface area contributed by atoms with Gasteiger partial charge >= 0.3 is 0 Å². The molecule has 0 aliphatic rings. The van der Waals surface area contributed by atoms with Gasteiger partial charge in [-0.05, 0) is 28.5 Å². The number of amides is 2. The molecule has 29 heavy (non-hydrogen) atoms. The lowest BCUT2D eigenvalue weighted by Crippen LogP contribution is -2.17. The highest BCUT2D eigenvalue weighted by atomic mass is 32.1. The molecule has 0 aliphatic heterocycles. The van der Waals surface area contributed by atoms with Crippen LogP contribution in [0.15, 0.2) is 60.0 Å². The summed E-state index contributed by atoms with van der Waals surface area (Å²) in [5.74, 6) is -0.135. The minimum atomic E-state index is -0.0835. The number of anilines is 1. The molecule has 2 aromatic heterocycles. The van der Waals surface area contributed by atoms with Crippen molar-refractivity contribution in [3.63, 3.8) is 0 Å². The first-order valence-electron chi connectivity index (χ1n) is 9.14. The number of carbonyl (C=O) groups is 2. The Hall–Kier alpha value is -3.03. The van der Waals surface area contributed by atoms with Gasteiger partial charge in [0.2, 0.25) is 11.8 Å². The third-order valence-electron chi connectivity index (χ3n) is 4.41. The smallest absolute Gasteiger partial charge is 0.230 e. The predicted octanol–water partition coefficient (Wildman–Crippen LogP) is 4.84. The van der Waals surface area contributed by atoms with Crippen LogP contribution in [-0.4, -0.2) is 16.8 Å². The normalized spacial score (nSPS) is 10.8. The van der Waals surface area contributed by atoms with Crippen LogP contribution < -0.4 is 10.6 Å². The van der Waals surface area contributed by atoms with E-state index < -0.39 is 0 Å². The van der Waals surface area contributed by atoms with Gasteiger partial charge in [-0.3, -0.25) is 9.59 Å². The Kier molecular flexibility index (Phi) is 5.69. The molecule has 2 N–H and O–H groups in total. The second kappa shape index (κ2) is 8.55. The van der Waals surface area contributed by atoms with Gasteiger partial charge in [-0.15, -0.1) is 22.7 Å². The molecule has 0 radical (unpaired) electrons. The van der Waals surface area contributed by atoms with E-state index in [1.165, 1.54) is 18.3 Å². The number of rotatable bonds is 6. The lowest BCUT2D eigenvalue weighted by atomic mass is 10.0. The van der Waals surface area contributed by atoms with Crippen LogP contribution in [0, 0.1) is 0 Å². The number of carbonyl (C=O) groups excluding carboxylic acids is 2. The lowest BCUT2D eigenvalue weighted by molar-refractivity contribution is -0.119. The largest absolute Gasteiger partial charge is 0.351 e. The third-order valence-corrected chi connectivity index (χ3v) is 6.27. The first-order valence-corrected chi connectivity index (χ1v) is 10.8. The Morgan fingerprint density at radius 2 is 1.86 bits per heavy atom. The number of aromatic nitrogens is 1. The van der Waals surface area contributed by atoms with Gasteiger partial charge in [0, 0.05) is 17.2 Å². The number of nitrogens with zero attached hydrogens (tertiary/aromatic N) is 1. The molecule has 2 heterocycles. The minimum Gasteiger partial charge on any atom is -0.351 e. The van der Waals surface area contributed by atoms with Gasteiger partial charge in [-0.25, -0.2) is 4.98 Å². The molecule has 4 aromatic rings. The van der Waals surface area contributed by atoms with Crippen LogP contribution in [0.5, 0.6) is 0 Å². The van der Waals surface area contributed by atoms with Gasteiger partial charge in [0.25, 0.3) is 0 Å². The van der Waals surface area contributed by atoms with Gasteiger partial charge in [-0.2, -0.15) is 0 Å². The Morgan fingerprint density at radius 1 is 1.03 bits per heavy atom. The van der Waals surface area contributed by atoms with Crippen LogP contribution in [0.2, 0.25) is 0 Å². The maximum absolute atomic E-state index is 12.5. The molecule has 0 spiro atoms. The average molecular weight is 422 g/mol. The van der Waals surface area contributed by atoms with E-state index in [0.717, 1.165) is 31.8 Å². The number of hydrogen-bond donors (Lipinski definition) is 2. The van der Waals surface area contributed by atoms with E-state index >= 15 is 0 Å². The van der Waals surface area contributed by atoms with Crippen LogP contribution in [0.3, 0.4) is 0 Å². The fourth-order valence-corrected chi connectivity index (χ4v) is 4.76. The molecule has 146 valence electrons. The molecule has 2 amide bonds. The van der Waals surface area contributed by atoms with E-state index in [2.05, 4.69) is 15.6 Å². The SMILES string of the molecule is CC(=O)NCc1ccc(-c2csc(NC(=O)Cc3cccc4ccccc34)n2)s1. The van der Waals surface area contributed by atoms with E-state index in [1.54, 1.807) is 11.3 Å². The summed E-state index contributed by atoms with van der Waals surface area (Å²) in [4.78, 5) is 30.2. The van der Waals surface area contributed by atoms with Crippen LogP contribution in [-0.2, 0) is 22.6 Å². The first kappa shape index (κ1) is 19.3. The molecule has 2 aromatic carbocycles. The summed E-state index contributed by atoms with van der Waals surface area (Å²) in [7, 11) is 0. The maximum Gasteiger partial charge on any atom is 0.230 e. The fraction of sp³-hybridized carbons (Fsp3) is 0.136. The second-order valence-electron chi connectivity index (χ2n) is 6.58. The number of nitrogens with one attached hydrogen (secondary N) is 2.